The van der Waals surface area contributed by atoms with E-state index >= 15 is 0 Å². The van der Waals surface area contributed by atoms with Crippen LogP contribution in [0.25, 0.3) is 0 Å². The van der Waals surface area contributed by atoms with Gasteiger partial charge in [-0.3, -0.25) is 4.84 Å². The minimum absolute atomic E-state index is 0.00440. The van der Waals surface area contributed by atoms with Gasteiger partial charge in [-0.2, -0.15) is 0 Å². The monoisotopic (exact) mass is 423 g/mol. The second-order valence-corrected chi connectivity index (χ2v) is 10.1. The van der Waals surface area contributed by atoms with E-state index in [1.165, 1.54) is 83.5 Å². The summed E-state index contributed by atoms with van der Waals surface area (Å²) in [7, 11) is 0. The van der Waals surface area contributed by atoms with Crippen molar-refractivity contribution in [2.45, 2.75) is 110 Å². The van der Waals surface area contributed by atoms with Gasteiger partial charge in [-0.25, -0.2) is 19.5 Å². The fourth-order valence-electron chi connectivity index (χ4n) is 5.47. The number of carbonyl (C=O) groups excluding carboxylic acids is 1. The number of carbonyl (C=O) groups is 1. The van der Waals surface area contributed by atoms with Crippen molar-refractivity contribution in [3.8, 4) is 0 Å². The van der Waals surface area contributed by atoms with Crippen LogP contribution in [0.1, 0.15) is 110 Å². The molecule has 4 saturated heterocycles. The van der Waals surface area contributed by atoms with Gasteiger partial charge in [0.15, 0.2) is 20.0 Å². The second-order valence-electron chi connectivity index (χ2n) is 10.1. The van der Waals surface area contributed by atoms with Gasteiger partial charge in [-0.15, -0.1) is 0 Å². The highest BCUT2D eigenvalue weighted by Crippen LogP contribution is 2.29. The Kier molecular flexibility index (Phi) is 10.4. The molecule has 174 valence electrons. The van der Waals surface area contributed by atoms with Crippen LogP contribution >= 0.6 is 0 Å². The van der Waals surface area contributed by atoms with Crippen LogP contribution in [0.4, 0.5) is 0 Å². The summed E-state index contributed by atoms with van der Waals surface area (Å²) in [6.07, 6.45) is 20.8. The quantitative estimate of drug-likeness (QED) is 0.237. The van der Waals surface area contributed by atoms with Gasteiger partial charge < -0.3 is 0 Å². The lowest BCUT2D eigenvalue weighted by molar-refractivity contribution is -1.12. The van der Waals surface area contributed by atoms with Crippen LogP contribution in [0.5, 0.6) is 0 Å². The maximum atomic E-state index is 12.4. The van der Waals surface area contributed by atoms with E-state index in [9.17, 15) is 4.79 Å². The van der Waals surface area contributed by atoms with Crippen LogP contribution in [-0.2, 0) is 9.63 Å². The smallest absolute Gasteiger partial charge is 0.273 e. The molecule has 30 heavy (non-hydrogen) atoms. The molecule has 4 aliphatic rings. The Labute approximate surface area is 185 Å². The van der Waals surface area contributed by atoms with Gasteiger partial charge in [0.05, 0.1) is 26.4 Å². The normalized spacial score (nSPS) is 29.4. The summed E-state index contributed by atoms with van der Waals surface area (Å²) < 4.78 is 0.470. The molecule has 4 fully saturated rings. The lowest BCUT2D eigenvalue weighted by atomic mass is 10.0. The van der Waals surface area contributed by atoms with Crippen molar-refractivity contribution in [2.24, 2.45) is 0 Å². The van der Waals surface area contributed by atoms with Crippen molar-refractivity contribution < 1.29 is 14.3 Å². The van der Waals surface area contributed by atoms with Gasteiger partial charge in [-0.05, 0) is 6.42 Å². The molecule has 4 rings (SSSR count). The highest BCUT2D eigenvalue weighted by atomic mass is 16.8. The molecule has 0 aromatic heterocycles. The second kappa shape index (κ2) is 13.0. The lowest BCUT2D eigenvalue weighted by Gasteiger charge is -2.57. The molecule has 6 heteroatoms. The van der Waals surface area contributed by atoms with Gasteiger partial charge in [0.25, 0.3) is 0 Å². The third kappa shape index (κ3) is 8.10. The molecule has 0 unspecified atom stereocenters. The van der Waals surface area contributed by atoms with Crippen molar-refractivity contribution >= 4 is 5.97 Å². The highest BCUT2D eigenvalue weighted by Gasteiger charge is 2.52. The average molecular weight is 424 g/mol. The Morgan fingerprint density at radius 1 is 0.633 bits per heavy atom. The van der Waals surface area contributed by atoms with Gasteiger partial charge in [-0.1, -0.05) is 101 Å². The molecule has 0 N–H and O–H groups in total. The van der Waals surface area contributed by atoms with Crippen LogP contribution in [0, 0.1) is 0 Å². The van der Waals surface area contributed by atoms with Gasteiger partial charge >= 0.3 is 5.97 Å². The van der Waals surface area contributed by atoms with E-state index in [1.54, 1.807) is 0 Å². The number of rotatable bonds is 17. The summed E-state index contributed by atoms with van der Waals surface area (Å²) in [5, 5.41) is 0. The van der Waals surface area contributed by atoms with Crippen molar-refractivity contribution in [3.63, 3.8) is 0 Å². The summed E-state index contributed by atoms with van der Waals surface area (Å²) in [5.41, 5.74) is 0. The van der Waals surface area contributed by atoms with Crippen LogP contribution in [-0.4, -0.2) is 65.3 Å². The first-order valence-electron chi connectivity index (χ1n) is 12.9. The molecule has 0 aliphatic carbocycles. The van der Waals surface area contributed by atoms with Crippen molar-refractivity contribution in [1.82, 2.24) is 14.7 Å². The topological polar surface area (TPSA) is 36.0 Å². The summed E-state index contributed by atoms with van der Waals surface area (Å²) in [6, 6.07) is 0. The Bertz CT molecular complexity index is 464. The van der Waals surface area contributed by atoms with Crippen molar-refractivity contribution in [2.75, 3.05) is 40.0 Å². The predicted molar refractivity (Wildman–Crippen MR) is 121 cm³/mol. The number of hydrogen-bond donors (Lipinski definition) is 0. The fraction of sp³-hybridized carbons (Fsp3) is 0.958. The Hall–Kier alpha value is -0.690. The molecule has 0 radical (unpaired) electrons. The van der Waals surface area contributed by atoms with Crippen LogP contribution in [0.3, 0.4) is 0 Å². The van der Waals surface area contributed by atoms with E-state index in [0.717, 1.165) is 52.9 Å². The zero-order valence-corrected chi connectivity index (χ0v) is 19.7. The zero-order valence-electron chi connectivity index (χ0n) is 19.7. The largest absolute Gasteiger partial charge is 0.366 e. The molecule has 0 spiro atoms. The molecular formula is C24H47N4O2+. The highest BCUT2D eigenvalue weighted by molar-refractivity contribution is 5.68. The Morgan fingerprint density at radius 2 is 1.00 bits per heavy atom. The summed E-state index contributed by atoms with van der Waals surface area (Å²) in [6.45, 7) is 7.92. The number of unbranched alkanes of at least 4 members (excludes halogenated alkanes) is 14. The van der Waals surface area contributed by atoms with Gasteiger partial charge in [0.2, 0.25) is 0 Å². The molecular weight excluding hydrogens is 376 g/mol. The van der Waals surface area contributed by atoms with Crippen LogP contribution < -0.4 is 0 Å². The van der Waals surface area contributed by atoms with Crippen LogP contribution in [0.15, 0.2) is 0 Å². The molecule has 0 aromatic carbocycles. The predicted octanol–water partition coefficient (Wildman–Crippen LogP) is 5.21. The summed E-state index contributed by atoms with van der Waals surface area (Å²) >= 11 is 0. The third-order valence-electron chi connectivity index (χ3n) is 6.85. The molecule has 0 atom stereocenters. The number of hydroxylamine groups is 3. The van der Waals surface area contributed by atoms with Gasteiger partial charge in [0.1, 0.15) is 0 Å². The minimum Gasteiger partial charge on any atom is -0.273 e. The standard InChI is InChI=1S/C24H47N4O2/c1-2-3-4-5-6-7-8-9-10-11-12-13-14-15-16-17-24(29)30-28-21-25-18-26(22-28)20-27(19-25)23-28/h2-23H2,1H3/q+1. The maximum Gasteiger partial charge on any atom is 0.366 e. The van der Waals surface area contributed by atoms with Crippen molar-refractivity contribution in [1.29, 1.82) is 0 Å². The molecule has 4 heterocycles. The molecule has 0 saturated carbocycles. The maximum absolute atomic E-state index is 12.4. The number of quaternary nitrogens is 1. The fourth-order valence-corrected chi connectivity index (χ4v) is 5.47. The molecule has 0 amide bonds. The van der Waals surface area contributed by atoms with E-state index in [-0.39, 0.29) is 5.97 Å². The Morgan fingerprint density at radius 3 is 1.40 bits per heavy atom. The average Bonchev–Trinajstić information content (AvgIpc) is 2.69. The number of hydrogen-bond acceptors (Lipinski definition) is 5. The first-order valence-corrected chi connectivity index (χ1v) is 12.9. The summed E-state index contributed by atoms with van der Waals surface area (Å²) in [5.74, 6) is -0.00440. The minimum atomic E-state index is -0.00440. The van der Waals surface area contributed by atoms with E-state index in [2.05, 4.69) is 21.6 Å². The van der Waals surface area contributed by atoms with Gasteiger partial charge in [0, 0.05) is 0 Å². The number of nitrogens with zero attached hydrogens (tertiary/aromatic N) is 4. The SMILES string of the molecule is CCCCCCCCCCCCCCCCCC(=O)O[N+]12CN3CN(CN(C3)C1)C2. The van der Waals surface area contributed by atoms with E-state index < -0.39 is 0 Å². The van der Waals surface area contributed by atoms with Crippen LogP contribution in [0.2, 0.25) is 0 Å². The van der Waals surface area contributed by atoms with Crippen molar-refractivity contribution in [3.05, 3.63) is 0 Å². The molecule has 4 aliphatic heterocycles. The van der Waals surface area contributed by atoms with E-state index in [1.807, 2.05) is 0 Å². The molecule has 4 bridgehead atoms. The molecule has 0 aromatic rings. The lowest BCUT2D eigenvalue weighted by Crippen LogP contribution is -2.79. The zero-order chi connectivity index (χ0) is 21.1. The molecule has 6 nitrogen and oxygen atoms in total. The van der Waals surface area contributed by atoms with E-state index in [0.29, 0.717) is 11.1 Å². The summed E-state index contributed by atoms with van der Waals surface area (Å²) in [4.78, 5) is 25.4. The first-order chi connectivity index (χ1) is 14.7. The van der Waals surface area contributed by atoms with E-state index in [4.69, 9.17) is 4.84 Å². The third-order valence-corrected chi connectivity index (χ3v) is 6.85. The Balaban J connectivity index is 1.10. The first kappa shape index (κ1) is 24.0.